The van der Waals surface area contributed by atoms with Crippen LogP contribution in [0.2, 0.25) is 0 Å². The Morgan fingerprint density at radius 3 is 3.17 bits per heavy atom. The summed E-state index contributed by atoms with van der Waals surface area (Å²) < 4.78 is 1.73. The Labute approximate surface area is 72.4 Å². The van der Waals surface area contributed by atoms with Crippen LogP contribution in [0.1, 0.15) is 26.1 Å². The summed E-state index contributed by atoms with van der Waals surface area (Å²) in [6, 6.07) is 0. The topological polar surface area (TPSA) is 30.2 Å². The summed E-state index contributed by atoms with van der Waals surface area (Å²) in [6.07, 6.45) is 6.17. The van der Waals surface area contributed by atoms with Crippen LogP contribution in [-0.4, -0.2) is 15.4 Å². The molecule has 1 aromatic rings. The summed E-state index contributed by atoms with van der Waals surface area (Å²) in [7, 11) is 0. The Balaban J connectivity index is 2.95. The molecule has 12 heavy (non-hydrogen) atoms. The van der Waals surface area contributed by atoms with Gasteiger partial charge >= 0.3 is 0 Å². The highest BCUT2D eigenvalue weighted by molar-refractivity contribution is 5.81. The van der Waals surface area contributed by atoms with Gasteiger partial charge in [0, 0.05) is 18.1 Å². The molecule has 0 unspecified atom stereocenters. The van der Waals surface area contributed by atoms with Gasteiger partial charge in [-0.1, -0.05) is 13.5 Å². The smallest absolute Gasteiger partial charge is 0.152 e. The van der Waals surface area contributed by atoms with E-state index in [1.54, 1.807) is 16.9 Å². The first-order valence-corrected chi connectivity index (χ1v) is 3.98. The molecule has 0 saturated heterocycles. The van der Waals surface area contributed by atoms with Gasteiger partial charge < -0.3 is 0 Å². The number of rotatable bonds is 3. The zero-order valence-electron chi connectivity index (χ0n) is 7.49. The minimum absolute atomic E-state index is 0.780. The van der Waals surface area contributed by atoms with Crippen molar-refractivity contribution in [1.29, 1.82) is 0 Å². The van der Waals surface area contributed by atoms with E-state index < -0.39 is 0 Å². The molecule has 0 aromatic carbocycles. The maximum atomic E-state index is 4.31. The van der Waals surface area contributed by atoms with Crippen LogP contribution in [0.4, 0.5) is 0 Å². The van der Waals surface area contributed by atoms with Crippen molar-refractivity contribution in [3.63, 3.8) is 0 Å². The molecule has 0 aliphatic heterocycles. The summed E-state index contributed by atoms with van der Waals surface area (Å²) in [6.45, 7) is 7.71. The molecule has 0 amide bonds. The van der Waals surface area contributed by atoms with Gasteiger partial charge in [0.2, 0.25) is 0 Å². The predicted molar refractivity (Wildman–Crippen MR) is 51.1 cm³/mol. The van der Waals surface area contributed by atoms with Gasteiger partial charge in [-0.2, -0.15) is 5.10 Å². The van der Waals surface area contributed by atoms with Crippen molar-refractivity contribution in [3.8, 4) is 0 Å². The highest BCUT2D eigenvalue weighted by Crippen LogP contribution is 1.99. The molecular formula is C9H13N3. The Hall–Kier alpha value is -1.38. The first-order chi connectivity index (χ1) is 5.77. The van der Waals surface area contributed by atoms with Crippen LogP contribution >= 0.6 is 0 Å². The molecule has 0 radical (unpaired) electrons. The third kappa shape index (κ3) is 1.81. The van der Waals surface area contributed by atoms with Crippen molar-refractivity contribution in [1.82, 2.24) is 9.66 Å². The first kappa shape index (κ1) is 8.71. The second kappa shape index (κ2) is 3.85. The number of imidazole rings is 1. The second-order valence-electron chi connectivity index (χ2n) is 2.52. The monoisotopic (exact) mass is 163 g/mol. The van der Waals surface area contributed by atoms with E-state index in [0.717, 1.165) is 18.0 Å². The van der Waals surface area contributed by atoms with Gasteiger partial charge in [-0.15, -0.1) is 0 Å². The van der Waals surface area contributed by atoms with Crippen LogP contribution in [0.15, 0.2) is 24.1 Å². The SMILES string of the molecule is C=Cc1nccn1/N=C(/C)CC. The van der Waals surface area contributed by atoms with E-state index in [4.69, 9.17) is 0 Å². The van der Waals surface area contributed by atoms with Crippen LogP contribution < -0.4 is 0 Å². The molecule has 0 aliphatic carbocycles. The molecule has 0 spiro atoms. The van der Waals surface area contributed by atoms with Gasteiger partial charge in [0.1, 0.15) is 0 Å². The van der Waals surface area contributed by atoms with E-state index in [1.807, 2.05) is 13.1 Å². The molecule has 1 heterocycles. The molecule has 3 heteroatoms. The van der Waals surface area contributed by atoms with Gasteiger partial charge in [0.25, 0.3) is 0 Å². The Bertz CT molecular complexity index is 296. The fraction of sp³-hybridized carbons (Fsp3) is 0.333. The lowest BCUT2D eigenvalue weighted by Crippen LogP contribution is -1.96. The predicted octanol–water partition coefficient (Wildman–Crippen LogP) is 2.16. The molecule has 3 nitrogen and oxygen atoms in total. The third-order valence-electron chi connectivity index (χ3n) is 1.62. The molecule has 0 fully saturated rings. The molecule has 1 aromatic heterocycles. The largest absolute Gasteiger partial charge is 0.236 e. The highest BCUT2D eigenvalue weighted by Gasteiger charge is 1.95. The van der Waals surface area contributed by atoms with E-state index in [0.29, 0.717) is 0 Å². The minimum Gasteiger partial charge on any atom is -0.236 e. The maximum Gasteiger partial charge on any atom is 0.152 e. The molecule has 0 bridgehead atoms. The molecular weight excluding hydrogens is 150 g/mol. The van der Waals surface area contributed by atoms with Crippen LogP contribution in [0.3, 0.4) is 0 Å². The summed E-state index contributed by atoms with van der Waals surface area (Å²) >= 11 is 0. The van der Waals surface area contributed by atoms with Crippen molar-refractivity contribution in [3.05, 3.63) is 24.8 Å². The molecule has 0 aliphatic rings. The normalized spacial score (nSPS) is 11.7. The van der Waals surface area contributed by atoms with Gasteiger partial charge in [-0.25, -0.2) is 9.66 Å². The number of nitrogens with zero attached hydrogens (tertiary/aromatic N) is 3. The maximum absolute atomic E-state index is 4.31. The summed E-state index contributed by atoms with van der Waals surface area (Å²) in [5.41, 5.74) is 1.08. The average molecular weight is 163 g/mol. The lowest BCUT2D eigenvalue weighted by Gasteiger charge is -1.98. The first-order valence-electron chi connectivity index (χ1n) is 3.98. The van der Waals surface area contributed by atoms with Gasteiger partial charge in [-0.05, 0) is 19.4 Å². The fourth-order valence-corrected chi connectivity index (χ4v) is 0.794. The average Bonchev–Trinajstić information content (AvgIpc) is 2.51. The fourth-order valence-electron chi connectivity index (χ4n) is 0.794. The Kier molecular flexibility index (Phi) is 2.80. The summed E-state index contributed by atoms with van der Waals surface area (Å²) in [5.74, 6) is 0.780. The second-order valence-corrected chi connectivity index (χ2v) is 2.52. The van der Waals surface area contributed by atoms with Crippen LogP contribution in [-0.2, 0) is 0 Å². The number of hydrogen-bond donors (Lipinski definition) is 0. The standard InChI is InChI=1S/C9H13N3/c1-4-8(3)11-12-7-6-10-9(12)5-2/h5-7H,2,4H2,1,3H3/b11-8-. The van der Waals surface area contributed by atoms with Crippen molar-refractivity contribution < 1.29 is 0 Å². The van der Waals surface area contributed by atoms with Crippen LogP contribution in [0.25, 0.3) is 6.08 Å². The summed E-state index contributed by atoms with van der Waals surface area (Å²) in [4.78, 5) is 4.06. The van der Waals surface area contributed by atoms with Crippen LogP contribution in [0, 0.1) is 0 Å². The van der Waals surface area contributed by atoms with Crippen molar-refractivity contribution in [2.75, 3.05) is 0 Å². The van der Waals surface area contributed by atoms with E-state index in [-0.39, 0.29) is 0 Å². The zero-order valence-corrected chi connectivity index (χ0v) is 7.49. The van der Waals surface area contributed by atoms with Crippen molar-refractivity contribution in [2.24, 2.45) is 5.10 Å². The van der Waals surface area contributed by atoms with E-state index in [1.165, 1.54) is 0 Å². The van der Waals surface area contributed by atoms with Crippen LogP contribution in [0.5, 0.6) is 0 Å². The summed E-state index contributed by atoms with van der Waals surface area (Å²) in [5, 5.41) is 4.31. The number of aromatic nitrogens is 2. The zero-order chi connectivity index (χ0) is 8.97. The minimum atomic E-state index is 0.780. The quantitative estimate of drug-likeness (QED) is 0.628. The third-order valence-corrected chi connectivity index (χ3v) is 1.62. The molecule has 64 valence electrons. The van der Waals surface area contributed by atoms with Crippen molar-refractivity contribution in [2.45, 2.75) is 20.3 Å². The van der Waals surface area contributed by atoms with Gasteiger partial charge in [0.05, 0.1) is 0 Å². The van der Waals surface area contributed by atoms with Crippen molar-refractivity contribution >= 4 is 11.8 Å². The van der Waals surface area contributed by atoms with E-state index in [9.17, 15) is 0 Å². The van der Waals surface area contributed by atoms with Gasteiger partial charge in [0.15, 0.2) is 5.82 Å². The molecule has 0 N–H and O–H groups in total. The highest BCUT2D eigenvalue weighted by atomic mass is 15.4. The molecule has 1 rings (SSSR count). The Morgan fingerprint density at radius 1 is 1.83 bits per heavy atom. The van der Waals surface area contributed by atoms with E-state index >= 15 is 0 Å². The molecule has 0 saturated carbocycles. The van der Waals surface area contributed by atoms with Gasteiger partial charge in [-0.3, -0.25) is 0 Å². The number of hydrogen-bond acceptors (Lipinski definition) is 2. The lowest BCUT2D eigenvalue weighted by atomic mass is 10.3. The lowest BCUT2D eigenvalue weighted by molar-refractivity contribution is 0.853. The molecule has 0 atom stereocenters. The Morgan fingerprint density at radius 2 is 2.58 bits per heavy atom. The van der Waals surface area contributed by atoms with E-state index in [2.05, 4.69) is 23.6 Å².